The topological polar surface area (TPSA) is 41.1 Å². The van der Waals surface area contributed by atoms with Gasteiger partial charge < -0.3 is 10.6 Å². The Morgan fingerprint density at radius 2 is 1.94 bits per heavy atom. The second kappa shape index (κ2) is 8.34. The van der Waals surface area contributed by atoms with Crippen LogP contribution in [0.4, 0.5) is 0 Å². The van der Waals surface area contributed by atoms with Crippen molar-refractivity contribution in [3.8, 4) is 0 Å². The molecular weight excluding hydrogens is 200 g/mol. The fourth-order valence-corrected chi connectivity index (χ4v) is 1.48. The highest BCUT2D eigenvalue weighted by Crippen LogP contribution is 2.07. The zero-order valence-corrected chi connectivity index (χ0v) is 11.0. The van der Waals surface area contributed by atoms with Gasteiger partial charge in [0.15, 0.2) is 0 Å². The number of allylic oxidation sites excluding steroid dienone is 1. The number of hydrogen-bond donors (Lipinski definition) is 2. The zero-order chi connectivity index (χ0) is 12.6. The Labute approximate surface area is 99.7 Å². The molecule has 3 nitrogen and oxygen atoms in total. The molecule has 0 aliphatic carbocycles. The van der Waals surface area contributed by atoms with E-state index >= 15 is 0 Å². The molecule has 0 spiro atoms. The lowest BCUT2D eigenvalue weighted by atomic mass is 10.00. The van der Waals surface area contributed by atoms with Gasteiger partial charge in [0.1, 0.15) is 0 Å². The van der Waals surface area contributed by atoms with Gasteiger partial charge >= 0.3 is 0 Å². The third-order valence-electron chi connectivity index (χ3n) is 2.66. The van der Waals surface area contributed by atoms with Crippen molar-refractivity contribution in [2.75, 3.05) is 6.54 Å². The van der Waals surface area contributed by atoms with Gasteiger partial charge in [-0.15, -0.1) is 6.58 Å². The number of hydrogen-bond acceptors (Lipinski definition) is 2. The quantitative estimate of drug-likeness (QED) is 0.622. The van der Waals surface area contributed by atoms with Gasteiger partial charge in [0, 0.05) is 25.0 Å². The van der Waals surface area contributed by atoms with Crippen molar-refractivity contribution in [1.82, 2.24) is 10.6 Å². The van der Waals surface area contributed by atoms with E-state index in [0.29, 0.717) is 18.4 Å². The third kappa shape index (κ3) is 7.46. The molecule has 1 amide bonds. The van der Waals surface area contributed by atoms with Crippen LogP contribution in [0.2, 0.25) is 0 Å². The minimum atomic E-state index is 0.117. The molecule has 0 aliphatic rings. The van der Waals surface area contributed by atoms with E-state index in [2.05, 4.69) is 31.1 Å². The SMILES string of the molecule is C=CCC(C)C(C)NCCC(=O)NC(C)C. The summed E-state index contributed by atoms with van der Waals surface area (Å²) in [7, 11) is 0. The van der Waals surface area contributed by atoms with Crippen LogP contribution in [0, 0.1) is 5.92 Å². The van der Waals surface area contributed by atoms with Crippen molar-refractivity contribution >= 4 is 5.91 Å². The standard InChI is InChI=1S/C13H26N2O/c1-6-7-11(4)12(5)14-9-8-13(16)15-10(2)3/h6,10-12,14H,1,7-9H2,2-5H3,(H,15,16). The van der Waals surface area contributed by atoms with Gasteiger partial charge in [-0.05, 0) is 33.1 Å². The van der Waals surface area contributed by atoms with Crippen LogP contribution in [0.25, 0.3) is 0 Å². The van der Waals surface area contributed by atoms with Crippen molar-refractivity contribution < 1.29 is 4.79 Å². The van der Waals surface area contributed by atoms with Crippen molar-refractivity contribution in [2.24, 2.45) is 5.92 Å². The molecule has 0 aromatic heterocycles. The number of amides is 1. The van der Waals surface area contributed by atoms with Crippen LogP contribution in [-0.2, 0) is 4.79 Å². The molecule has 2 N–H and O–H groups in total. The minimum Gasteiger partial charge on any atom is -0.354 e. The molecule has 0 aliphatic heterocycles. The summed E-state index contributed by atoms with van der Waals surface area (Å²) in [6.07, 6.45) is 3.49. The van der Waals surface area contributed by atoms with E-state index in [9.17, 15) is 4.79 Å². The van der Waals surface area contributed by atoms with Gasteiger partial charge in [-0.3, -0.25) is 4.79 Å². The first-order chi connectivity index (χ1) is 7.47. The van der Waals surface area contributed by atoms with E-state index in [0.717, 1.165) is 13.0 Å². The number of carbonyl (C=O) groups is 1. The Morgan fingerprint density at radius 3 is 2.44 bits per heavy atom. The molecule has 0 bridgehead atoms. The first-order valence-electron chi connectivity index (χ1n) is 6.11. The smallest absolute Gasteiger partial charge is 0.221 e. The van der Waals surface area contributed by atoms with E-state index in [1.807, 2.05) is 19.9 Å². The van der Waals surface area contributed by atoms with Crippen LogP contribution >= 0.6 is 0 Å². The summed E-state index contributed by atoms with van der Waals surface area (Å²) in [5, 5.41) is 6.24. The van der Waals surface area contributed by atoms with Crippen LogP contribution in [0.1, 0.15) is 40.5 Å². The van der Waals surface area contributed by atoms with Gasteiger partial charge in [0.25, 0.3) is 0 Å². The Morgan fingerprint density at radius 1 is 1.31 bits per heavy atom. The first kappa shape index (κ1) is 15.2. The number of rotatable bonds is 8. The monoisotopic (exact) mass is 226 g/mol. The van der Waals surface area contributed by atoms with Crippen LogP contribution in [0.5, 0.6) is 0 Å². The predicted molar refractivity (Wildman–Crippen MR) is 69.3 cm³/mol. The highest BCUT2D eigenvalue weighted by atomic mass is 16.1. The Hall–Kier alpha value is -0.830. The molecule has 0 saturated heterocycles. The van der Waals surface area contributed by atoms with Crippen molar-refractivity contribution in [3.63, 3.8) is 0 Å². The fraction of sp³-hybridized carbons (Fsp3) is 0.769. The van der Waals surface area contributed by atoms with Crippen LogP contribution < -0.4 is 10.6 Å². The maximum Gasteiger partial charge on any atom is 0.221 e. The molecule has 0 saturated carbocycles. The van der Waals surface area contributed by atoms with Gasteiger partial charge in [-0.1, -0.05) is 13.0 Å². The summed E-state index contributed by atoms with van der Waals surface area (Å²) in [4.78, 5) is 11.4. The molecule has 2 unspecified atom stereocenters. The molecular formula is C13H26N2O. The van der Waals surface area contributed by atoms with E-state index in [1.165, 1.54) is 0 Å². The molecule has 16 heavy (non-hydrogen) atoms. The highest BCUT2D eigenvalue weighted by Gasteiger charge is 2.10. The molecule has 0 fully saturated rings. The highest BCUT2D eigenvalue weighted by molar-refractivity contribution is 5.76. The number of carbonyl (C=O) groups excluding carboxylic acids is 1. The molecule has 3 heteroatoms. The van der Waals surface area contributed by atoms with E-state index < -0.39 is 0 Å². The normalized spacial score (nSPS) is 14.6. The van der Waals surface area contributed by atoms with Gasteiger partial charge in [-0.2, -0.15) is 0 Å². The van der Waals surface area contributed by atoms with Gasteiger partial charge in [-0.25, -0.2) is 0 Å². The second-order valence-electron chi connectivity index (χ2n) is 4.72. The molecule has 0 aromatic carbocycles. The lowest BCUT2D eigenvalue weighted by Crippen LogP contribution is -2.37. The largest absolute Gasteiger partial charge is 0.354 e. The van der Waals surface area contributed by atoms with Crippen LogP contribution in [0.3, 0.4) is 0 Å². The van der Waals surface area contributed by atoms with Crippen molar-refractivity contribution in [3.05, 3.63) is 12.7 Å². The maximum atomic E-state index is 11.4. The number of nitrogens with one attached hydrogen (secondary N) is 2. The van der Waals surface area contributed by atoms with Gasteiger partial charge in [0.2, 0.25) is 5.91 Å². The van der Waals surface area contributed by atoms with E-state index in [4.69, 9.17) is 0 Å². The molecule has 0 rings (SSSR count). The lowest BCUT2D eigenvalue weighted by molar-refractivity contribution is -0.121. The Balaban J connectivity index is 3.64. The molecule has 0 radical (unpaired) electrons. The summed E-state index contributed by atoms with van der Waals surface area (Å²) in [5.41, 5.74) is 0. The molecule has 0 aromatic rings. The summed E-state index contributed by atoms with van der Waals surface area (Å²) >= 11 is 0. The predicted octanol–water partition coefficient (Wildman–Crippen LogP) is 2.09. The fourth-order valence-electron chi connectivity index (χ4n) is 1.48. The van der Waals surface area contributed by atoms with Crippen LogP contribution in [-0.4, -0.2) is 24.5 Å². The van der Waals surface area contributed by atoms with Crippen molar-refractivity contribution in [2.45, 2.75) is 52.6 Å². The molecule has 0 heterocycles. The van der Waals surface area contributed by atoms with E-state index in [-0.39, 0.29) is 11.9 Å². The summed E-state index contributed by atoms with van der Waals surface area (Å²) in [6.45, 7) is 12.7. The average molecular weight is 226 g/mol. The lowest BCUT2D eigenvalue weighted by Gasteiger charge is -2.20. The van der Waals surface area contributed by atoms with Crippen molar-refractivity contribution in [1.29, 1.82) is 0 Å². The third-order valence-corrected chi connectivity index (χ3v) is 2.66. The second-order valence-corrected chi connectivity index (χ2v) is 4.72. The summed E-state index contributed by atoms with van der Waals surface area (Å²) in [6, 6.07) is 0.648. The minimum absolute atomic E-state index is 0.117. The van der Waals surface area contributed by atoms with E-state index in [1.54, 1.807) is 0 Å². The summed E-state index contributed by atoms with van der Waals surface area (Å²) in [5.74, 6) is 0.678. The average Bonchev–Trinajstić information content (AvgIpc) is 2.16. The Bertz CT molecular complexity index is 214. The van der Waals surface area contributed by atoms with Crippen LogP contribution in [0.15, 0.2) is 12.7 Å². The zero-order valence-electron chi connectivity index (χ0n) is 11.0. The maximum absolute atomic E-state index is 11.4. The first-order valence-corrected chi connectivity index (χ1v) is 6.11. The molecule has 2 atom stereocenters. The molecule has 94 valence electrons. The Kier molecular flexibility index (Phi) is 7.90. The summed E-state index contributed by atoms with van der Waals surface area (Å²) < 4.78 is 0. The van der Waals surface area contributed by atoms with Gasteiger partial charge in [0.05, 0.1) is 0 Å².